The molecule has 0 bridgehead atoms. The Labute approximate surface area is 62.4 Å². The third-order valence-electron chi connectivity index (χ3n) is 0.965. The molecule has 0 spiro atoms. The SMILES string of the molecule is CC(=O)C(=O)Oc1ccn[nH]1. The summed E-state index contributed by atoms with van der Waals surface area (Å²) in [5.41, 5.74) is 0. The molecule has 1 rings (SSSR count). The maximum absolute atomic E-state index is 10.6. The first kappa shape index (κ1) is 7.46. The fraction of sp³-hybridized carbons (Fsp3) is 0.167. The highest BCUT2D eigenvalue weighted by atomic mass is 16.5. The molecular formula is C6H6N2O3. The number of hydrogen-bond donors (Lipinski definition) is 1. The zero-order chi connectivity index (χ0) is 8.27. The summed E-state index contributed by atoms with van der Waals surface area (Å²) in [7, 11) is 0. The summed E-state index contributed by atoms with van der Waals surface area (Å²) in [6.45, 7) is 1.14. The molecule has 0 saturated carbocycles. The molecule has 0 aliphatic carbocycles. The minimum atomic E-state index is -0.894. The largest absolute Gasteiger partial charge is 0.402 e. The number of aromatic amines is 1. The molecule has 0 aromatic carbocycles. The second-order valence-electron chi connectivity index (χ2n) is 1.87. The van der Waals surface area contributed by atoms with Gasteiger partial charge >= 0.3 is 5.97 Å². The van der Waals surface area contributed by atoms with Crippen molar-refractivity contribution in [1.82, 2.24) is 10.2 Å². The normalized spacial score (nSPS) is 9.18. The molecule has 1 aromatic rings. The van der Waals surface area contributed by atoms with E-state index in [0.29, 0.717) is 0 Å². The second kappa shape index (κ2) is 2.96. The van der Waals surface area contributed by atoms with Crippen LogP contribution in [0.4, 0.5) is 0 Å². The Hall–Kier alpha value is -1.65. The van der Waals surface area contributed by atoms with E-state index in [2.05, 4.69) is 14.9 Å². The first-order valence-electron chi connectivity index (χ1n) is 2.92. The van der Waals surface area contributed by atoms with Gasteiger partial charge in [0.25, 0.3) is 0 Å². The Morgan fingerprint density at radius 2 is 2.36 bits per heavy atom. The van der Waals surface area contributed by atoms with Gasteiger partial charge in [-0.2, -0.15) is 5.10 Å². The Kier molecular flexibility index (Phi) is 2.00. The molecule has 0 unspecified atom stereocenters. The van der Waals surface area contributed by atoms with Gasteiger partial charge in [-0.3, -0.25) is 4.79 Å². The minimum absolute atomic E-state index is 0.171. The molecule has 5 heteroatoms. The fourth-order valence-corrected chi connectivity index (χ4v) is 0.472. The summed E-state index contributed by atoms with van der Waals surface area (Å²) < 4.78 is 4.51. The maximum atomic E-state index is 10.6. The maximum Gasteiger partial charge on any atom is 0.380 e. The van der Waals surface area contributed by atoms with E-state index < -0.39 is 11.8 Å². The third kappa shape index (κ3) is 1.89. The van der Waals surface area contributed by atoms with Crippen molar-refractivity contribution in [1.29, 1.82) is 0 Å². The molecule has 0 amide bonds. The molecule has 11 heavy (non-hydrogen) atoms. The average molecular weight is 154 g/mol. The average Bonchev–Trinajstić information content (AvgIpc) is 2.39. The number of ether oxygens (including phenoxy) is 1. The Morgan fingerprint density at radius 3 is 2.82 bits per heavy atom. The van der Waals surface area contributed by atoms with Gasteiger partial charge in [0.05, 0.1) is 6.20 Å². The lowest BCUT2D eigenvalue weighted by molar-refractivity contribution is -0.146. The molecule has 0 aliphatic heterocycles. The van der Waals surface area contributed by atoms with Crippen molar-refractivity contribution < 1.29 is 14.3 Å². The van der Waals surface area contributed by atoms with Crippen molar-refractivity contribution in [3.05, 3.63) is 12.3 Å². The van der Waals surface area contributed by atoms with Crippen LogP contribution in [-0.2, 0) is 9.59 Å². The summed E-state index contributed by atoms with van der Waals surface area (Å²) in [5.74, 6) is -1.36. The molecule has 1 N–H and O–H groups in total. The van der Waals surface area contributed by atoms with Crippen LogP contribution in [0.3, 0.4) is 0 Å². The lowest BCUT2D eigenvalue weighted by Gasteiger charge is -1.94. The van der Waals surface area contributed by atoms with E-state index in [9.17, 15) is 9.59 Å². The molecule has 1 aromatic heterocycles. The topological polar surface area (TPSA) is 72.1 Å². The number of ketones is 1. The van der Waals surface area contributed by atoms with E-state index in [4.69, 9.17) is 0 Å². The molecule has 1 heterocycles. The fourth-order valence-electron chi connectivity index (χ4n) is 0.472. The Balaban J connectivity index is 2.57. The van der Waals surface area contributed by atoms with Gasteiger partial charge in [0.15, 0.2) is 0 Å². The van der Waals surface area contributed by atoms with Gasteiger partial charge < -0.3 is 4.74 Å². The van der Waals surface area contributed by atoms with Crippen LogP contribution in [-0.4, -0.2) is 21.9 Å². The number of H-pyrrole nitrogens is 1. The Morgan fingerprint density at radius 1 is 1.64 bits per heavy atom. The van der Waals surface area contributed by atoms with Gasteiger partial charge in [-0.05, 0) is 0 Å². The zero-order valence-corrected chi connectivity index (χ0v) is 5.83. The van der Waals surface area contributed by atoms with Gasteiger partial charge in [-0.1, -0.05) is 0 Å². The van der Waals surface area contributed by atoms with Crippen LogP contribution in [0.25, 0.3) is 0 Å². The number of esters is 1. The van der Waals surface area contributed by atoms with Crippen molar-refractivity contribution in [3.8, 4) is 5.88 Å². The van der Waals surface area contributed by atoms with E-state index >= 15 is 0 Å². The van der Waals surface area contributed by atoms with Gasteiger partial charge in [0.2, 0.25) is 11.7 Å². The second-order valence-corrected chi connectivity index (χ2v) is 1.87. The van der Waals surface area contributed by atoms with Gasteiger partial charge in [0, 0.05) is 13.0 Å². The summed E-state index contributed by atoms with van der Waals surface area (Å²) in [6, 6.07) is 1.45. The minimum Gasteiger partial charge on any atom is -0.402 e. The summed E-state index contributed by atoms with van der Waals surface area (Å²) >= 11 is 0. The molecule has 58 valence electrons. The lowest BCUT2D eigenvalue weighted by atomic mass is 10.5. The van der Waals surface area contributed by atoms with Crippen LogP contribution >= 0.6 is 0 Å². The van der Waals surface area contributed by atoms with Crippen molar-refractivity contribution >= 4 is 11.8 Å². The van der Waals surface area contributed by atoms with Crippen LogP contribution in [0, 0.1) is 0 Å². The predicted octanol–water partition coefficient (Wildman–Crippen LogP) is -0.0959. The van der Waals surface area contributed by atoms with E-state index in [1.165, 1.54) is 12.3 Å². The van der Waals surface area contributed by atoms with E-state index in [1.807, 2.05) is 0 Å². The first-order valence-corrected chi connectivity index (χ1v) is 2.92. The van der Waals surface area contributed by atoms with Crippen LogP contribution in [0.5, 0.6) is 5.88 Å². The molecule has 0 atom stereocenters. The number of carbonyl (C=O) groups is 2. The molecule has 0 radical (unpaired) electrons. The molecule has 0 aliphatic rings. The van der Waals surface area contributed by atoms with E-state index in [-0.39, 0.29) is 5.88 Å². The van der Waals surface area contributed by atoms with Crippen molar-refractivity contribution in [2.45, 2.75) is 6.92 Å². The van der Waals surface area contributed by atoms with Crippen molar-refractivity contribution in [2.75, 3.05) is 0 Å². The third-order valence-corrected chi connectivity index (χ3v) is 0.965. The van der Waals surface area contributed by atoms with E-state index in [1.54, 1.807) is 0 Å². The van der Waals surface area contributed by atoms with Crippen LogP contribution in [0.15, 0.2) is 12.3 Å². The summed E-state index contributed by atoms with van der Waals surface area (Å²) in [5, 5.41) is 5.90. The number of nitrogens with one attached hydrogen (secondary N) is 1. The smallest absolute Gasteiger partial charge is 0.380 e. The van der Waals surface area contributed by atoms with Gasteiger partial charge in [-0.15, -0.1) is 0 Å². The number of aromatic nitrogens is 2. The number of nitrogens with zero attached hydrogens (tertiary/aromatic N) is 1. The highest BCUT2D eigenvalue weighted by Crippen LogP contribution is 2.01. The summed E-state index contributed by atoms with van der Waals surface area (Å²) in [6.07, 6.45) is 1.42. The lowest BCUT2D eigenvalue weighted by Crippen LogP contribution is -2.16. The highest BCUT2D eigenvalue weighted by molar-refractivity contribution is 6.33. The van der Waals surface area contributed by atoms with Crippen molar-refractivity contribution in [3.63, 3.8) is 0 Å². The van der Waals surface area contributed by atoms with Crippen LogP contribution in [0.1, 0.15) is 6.92 Å². The highest BCUT2D eigenvalue weighted by Gasteiger charge is 2.10. The van der Waals surface area contributed by atoms with E-state index in [0.717, 1.165) is 6.92 Å². The van der Waals surface area contributed by atoms with Gasteiger partial charge in [-0.25, -0.2) is 9.89 Å². The van der Waals surface area contributed by atoms with Crippen LogP contribution in [0.2, 0.25) is 0 Å². The standard InChI is InChI=1S/C6H6N2O3/c1-4(9)6(10)11-5-2-3-7-8-5/h2-3H,1H3,(H,7,8). The summed E-state index contributed by atoms with van der Waals surface area (Å²) in [4.78, 5) is 21.0. The molecule has 5 nitrogen and oxygen atoms in total. The number of rotatable bonds is 2. The first-order chi connectivity index (χ1) is 5.20. The molecular weight excluding hydrogens is 148 g/mol. The predicted molar refractivity (Wildman–Crippen MR) is 34.9 cm³/mol. The van der Waals surface area contributed by atoms with Crippen LogP contribution < -0.4 is 4.74 Å². The molecule has 0 saturated heterocycles. The monoisotopic (exact) mass is 154 g/mol. The number of Topliss-reactive ketones (excluding diaryl/α,β-unsaturated/α-hetero) is 1. The zero-order valence-electron chi connectivity index (χ0n) is 5.83. The number of carbonyl (C=O) groups excluding carboxylic acids is 2. The molecule has 0 fully saturated rings. The number of hydrogen-bond acceptors (Lipinski definition) is 4. The van der Waals surface area contributed by atoms with Crippen molar-refractivity contribution in [2.24, 2.45) is 0 Å². The Bertz CT molecular complexity index is 265. The quantitative estimate of drug-likeness (QED) is 0.477. The van der Waals surface area contributed by atoms with Gasteiger partial charge in [0.1, 0.15) is 0 Å².